The van der Waals surface area contributed by atoms with Gasteiger partial charge in [0.1, 0.15) is 6.07 Å². The van der Waals surface area contributed by atoms with E-state index in [0.29, 0.717) is 0 Å². The quantitative estimate of drug-likeness (QED) is 0.478. The third-order valence-corrected chi connectivity index (χ3v) is 1.14. The largest absolute Gasteiger partial charge is 0.398 e. The van der Waals surface area contributed by atoms with Gasteiger partial charge in [0.05, 0.1) is 6.07 Å². The molecule has 0 spiro atoms. The van der Waals surface area contributed by atoms with Gasteiger partial charge in [0.25, 0.3) is 5.69 Å². The zero-order valence-electron chi connectivity index (χ0n) is 5.89. The lowest BCUT2D eigenvalue weighted by Crippen LogP contribution is -1.96. The van der Waals surface area contributed by atoms with E-state index in [-0.39, 0.29) is 11.4 Å². The van der Waals surface area contributed by atoms with Crippen molar-refractivity contribution in [3.8, 4) is 6.07 Å². The van der Waals surface area contributed by atoms with Crippen molar-refractivity contribution in [2.45, 2.75) is 0 Å². The Morgan fingerprint density at radius 3 is 2.83 bits per heavy atom. The molecule has 0 unspecified atom stereocenters. The normalized spacial score (nSPS) is 8.92. The van der Waals surface area contributed by atoms with Gasteiger partial charge in [-0.05, 0) is 9.91 Å². The van der Waals surface area contributed by atoms with Crippen LogP contribution in [-0.4, -0.2) is 9.91 Å². The molecule has 0 amide bonds. The van der Waals surface area contributed by atoms with Gasteiger partial charge < -0.3 is 15.8 Å². The summed E-state index contributed by atoms with van der Waals surface area (Å²) in [4.78, 5) is 12.9. The number of anilines is 1. The SMILES string of the molecule is N#Cc1cc(N)cc([N+](=O)[O-])n1. The number of nitrogen functional groups attached to an aromatic ring is 1. The molecule has 0 saturated heterocycles. The number of nitro groups is 1. The molecule has 1 aromatic heterocycles. The van der Waals surface area contributed by atoms with Crippen molar-refractivity contribution in [2.24, 2.45) is 0 Å². The molecule has 0 bridgehead atoms. The molecular formula is C6H4N4O2. The van der Waals surface area contributed by atoms with Crippen LogP contribution in [0.1, 0.15) is 5.69 Å². The number of aromatic nitrogens is 1. The minimum atomic E-state index is -0.697. The van der Waals surface area contributed by atoms with Gasteiger partial charge in [0.15, 0.2) is 0 Å². The van der Waals surface area contributed by atoms with Crippen LogP contribution in [-0.2, 0) is 0 Å². The van der Waals surface area contributed by atoms with E-state index in [1.165, 1.54) is 6.07 Å². The highest BCUT2D eigenvalue weighted by Crippen LogP contribution is 2.13. The van der Waals surface area contributed by atoms with E-state index in [9.17, 15) is 10.1 Å². The van der Waals surface area contributed by atoms with Crippen LogP contribution in [0.15, 0.2) is 12.1 Å². The van der Waals surface area contributed by atoms with Gasteiger partial charge in [-0.25, -0.2) is 0 Å². The number of nitrogens with two attached hydrogens (primary N) is 1. The molecule has 0 aromatic carbocycles. The van der Waals surface area contributed by atoms with Crippen LogP contribution in [0, 0.1) is 21.4 Å². The maximum absolute atomic E-state index is 10.2. The van der Waals surface area contributed by atoms with Gasteiger partial charge in [-0.1, -0.05) is 0 Å². The third-order valence-electron chi connectivity index (χ3n) is 1.14. The van der Waals surface area contributed by atoms with Crippen LogP contribution in [0.4, 0.5) is 11.5 Å². The summed E-state index contributed by atoms with van der Waals surface area (Å²) < 4.78 is 0. The van der Waals surface area contributed by atoms with E-state index >= 15 is 0 Å². The van der Waals surface area contributed by atoms with E-state index in [1.54, 1.807) is 6.07 Å². The molecule has 1 aromatic rings. The molecule has 0 aliphatic heterocycles. The molecule has 1 rings (SSSR count). The molecule has 12 heavy (non-hydrogen) atoms. The lowest BCUT2D eigenvalue weighted by molar-refractivity contribution is -0.389. The maximum Gasteiger partial charge on any atom is 0.366 e. The van der Waals surface area contributed by atoms with Gasteiger partial charge >= 0.3 is 5.82 Å². The Morgan fingerprint density at radius 1 is 1.67 bits per heavy atom. The molecular weight excluding hydrogens is 160 g/mol. The predicted octanol–water partition coefficient (Wildman–Crippen LogP) is 0.444. The zero-order chi connectivity index (χ0) is 9.14. The number of nitrogens with zero attached hydrogens (tertiary/aromatic N) is 3. The summed E-state index contributed by atoms with van der Waals surface area (Å²) in [5.74, 6) is -0.411. The number of rotatable bonds is 1. The fraction of sp³-hybridized carbons (Fsp3) is 0. The Balaban J connectivity index is 3.26. The average Bonchev–Trinajstić information content (AvgIpc) is 2.03. The lowest BCUT2D eigenvalue weighted by Gasteiger charge is -1.92. The summed E-state index contributed by atoms with van der Waals surface area (Å²) in [6.07, 6.45) is 0. The Kier molecular flexibility index (Phi) is 1.88. The van der Waals surface area contributed by atoms with Crippen LogP contribution in [0.5, 0.6) is 0 Å². The number of hydrogen-bond donors (Lipinski definition) is 1. The van der Waals surface area contributed by atoms with Crippen molar-refractivity contribution < 1.29 is 4.92 Å². The minimum Gasteiger partial charge on any atom is -0.398 e. The van der Waals surface area contributed by atoms with Crippen molar-refractivity contribution in [1.82, 2.24) is 4.98 Å². The molecule has 6 nitrogen and oxygen atoms in total. The van der Waals surface area contributed by atoms with E-state index in [0.717, 1.165) is 6.07 Å². The van der Waals surface area contributed by atoms with E-state index in [1.807, 2.05) is 0 Å². The summed E-state index contributed by atoms with van der Waals surface area (Å²) >= 11 is 0. The molecule has 0 saturated carbocycles. The molecule has 0 atom stereocenters. The van der Waals surface area contributed by atoms with E-state index < -0.39 is 10.7 Å². The lowest BCUT2D eigenvalue weighted by atomic mass is 10.3. The maximum atomic E-state index is 10.2. The molecule has 2 N–H and O–H groups in total. The van der Waals surface area contributed by atoms with Crippen molar-refractivity contribution in [3.05, 3.63) is 27.9 Å². The fourth-order valence-corrected chi connectivity index (χ4v) is 0.687. The van der Waals surface area contributed by atoms with Crippen LogP contribution < -0.4 is 5.73 Å². The van der Waals surface area contributed by atoms with E-state index in [2.05, 4.69) is 4.98 Å². The number of hydrogen-bond acceptors (Lipinski definition) is 5. The van der Waals surface area contributed by atoms with Crippen molar-refractivity contribution in [1.29, 1.82) is 5.26 Å². The van der Waals surface area contributed by atoms with E-state index in [4.69, 9.17) is 11.0 Å². The second-order valence-corrected chi connectivity index (χ2v) is 2.01. The molecule has 0 aliphatic rings. The highest BCUT2D eigenvalue weighted by atomic mass is 16.6. The molecule has 60 valence electrons. The monoisotopic (exact) mass is 164 g/mol. The van der Waals surface area contributed by atoms with Gasteiger partial charge in [0.2, 0.25) is 0 Å². The van der Waals surface area contributed by atoms with Gasteiger partial charge in [-0.3, -0.25) is 0 Å². The third kappa shape index (κ3) is 1.46. The first-order valence-corrected chi connectivity index (χ1v) is 2.95. The standard InChI is InChI=1S/C6H4N4O2/c7-3-5-1-4(8)2-6(9-5)10(11)12/h1-2H,(H2,8,9). The Labute approximate surface area is 67.4 Å². The van der Waals surface area contributed by atoms with Crippen LogP contribution in [0.3, 0.4) is 0 Å². The second-order valence-electron chi connectivity index (χ2n) is 2.01. The van der Waals surface area contributed by atoms with Crippen molar-refractivity contribution in [2.75, 3.05) is 5.73 Å². The van der Waals surface area contributed by atoms with Gasteiger partial charge in [-0.15, -0.1) is 0 Å². The van der Waals surface area contributed by atoms with Crippen LogP contribution >= 0.6 is 0 Å². The first-order valence-electron chi connectivity index (χ1n) is 2.95. The predicted molar refractivity (Wildman–Crippen MR) is 40.0 cm³/mol. The van der Waals surface area contributed by atoms with Crippen LogP contribution in [0.25, 0.3) is 0 Å². The highest BCUT2D eigenvalue weighted by Gasteiger charge is 2.10. The topological polar surface area (TPSA) is 106 Å². The average molecular weight is 164 g/mol. The summed E-state index contributed by atoms with van der Waals surface area (Å²) in [6, 6.07) is 4.04. The molecule has 1 heterocycles. The summed E-state index contributed by atoms with van der Waals surface area (Å²) in [5, 5.41) is 18.6. The molecule has 0 fully saturated rings. The summed E-state index contributed by atoms with van der Waals surface area (Å²) in [5.41, 5.74) is 5.38. The molecule has 0 aliphatic carbocycles. The number of nitriles is 1. The summed E-state index contributed by atoms with van der Waals surface area (Å²) in [6.45, 7) is 0. The molecule has 0 radical (unpaired) electrons. The van der Waals surface area contributed by atoms with Gasteiger partial charge in [0, 0.05) is 11.8 Å². The van der Waals surface area contributed by atoms with Crippen molar-refractivity contribution in [3.63, 3.8) is 0 Å². The summed E-state index contributed by atoms with van der Waals surface area (Å²) in [7, 11) is 0. The Bertz CT molecular complexity index is 368. The fourth-order valence-electron chi connectivity index (χ4n) is 0.687. The highest BCUT2D eigenvalue weighted by molar-refractivity contribution is 5.47. The minimum absolute atomic E-state index is 0.0540. The Hall–Kier alpha value is -2.16. The van der Waals surface area contributed by atoms with Gasteiger partial charge in [-0.2, -0.15) is 5.26 Å². The first-order chi connectivity index (χ1) is 5.63. The van der Waals surface area contributed by atoms with Crippen molar-refractivity contribution >= 4 is 11.5 Å². The second kappa shape index (κ2) is 2.84. The molecule has 6 heteroatoms. The smallest absolute Gasteiger partial charge is 0.366 e. The van der Waals surface area contributed by atoms with Crippen LogP contribution in [0.2, 0.25) is 0 Å². The zero-order valence-corrected chi connectivity index (χ0v) is 5.89. The number of pyridine rings is 1. The first kappa shape index (κ1) is 7.94. The Morgan fingerprint density at radius 2 is 2.33 bits per heavy atom.